The lowest BCUT2D eigenvalue weighted by atomic mass is 9.73. The third-order valence-corrected chi connectivity index (χ3v) is 6.09. The molecule has 34 heavy (non-hydrogen) atoms. The number of hydrogen-bond acceptors (Lipinski definition) is 6. The summed E-state index contributed by atoms with van der Waals surface area (Å²) in [5.41, 5.74) is -7.50. The summed E-state index contributed by atoms with van der Waals surface area (Å²) in [5, 5.41) is 19.2. The van der Waals surface area contributed by atoms with Gasteiger partial charge < -0.3 is 19.7 Å². The van der Waals surface area contributed by atoms with Crippen molar-refractivity contribution in [2.45, 2.75) is 110 Å². The zero-order valence-corrected chi connectivity index (χ0v) is 20.7. The van der Waals surface area contributed by atoms with Crippen molar-refractivity contribution in [2.75, 3.05) is 0 Å². The van der Waals surface area contributed by atoms with E-state index < -0.39 is 77.8 Å². The Hall–Kier alpha value is -1.56. The summed E-state index contributed by atoms with van der Waals surface area (Å²) in [6.45, 7) is 9.63. The van der Waals surface area contributed by atoms with Crippen LogP contribution in [0.4, 0.5) is 26.3 Å². The van der Waals surface area contributed by atoms with Gasteiger partial charge in [0.15, 0.2) is 11.2 Å². The minimum Gasteiger partial charge on any atom is -0.462 e. The van der Waals surface area contributed by atoms with Crippen LogP contribution in [-0.4, -0.2) is 57.9 Å². The van der Waals surface area contributed by atoms with E-state index in [4.69, 9.17) is 9.47 Å². The monoisotopic (exact) mass is 510 g/mol. The van der Waals surface area contributed by atoms with Crippen LogP contribution in [0.15, 0.2) is 0 Å². The van der Waals surface area contributed by atoms with Crippen LogP contribution >= 0.6 is 0 Å². The van der Waals surface area contributed by atoms with Gasteiger partial charge in [-0.05, 0) is 47.0 Å². The van der Waals surface area contributed by atoms with Crippen molar-refractivity contribution in [3.8, 4) is 0 Å². The van der Waals surface area contributed by atoms with Crippen LogP contribution in [0, 0.1) is 17.3 Å². The van der Waals surface area contributed by atoms with E-state index in [-0.39, 0.29) is 6.42 Å². The molecule has 0 spiro atoms. The molecular weight excluding hydrogens is 474 g/mol. The number of aliphatic hydroxyl groups is 2. The summed E-state index contributed by atoms with van der Waals surface area (Å²) in [6.07, 6.45) is -14.4. The fourth-order valence-corrected chi connectivity index (χ4v) is 3.34. The Bertz CT molecular complexity index is 701. The molecule has 0 saturated heterocycles. The Morgan fingerprint density at radius 2 is 1.06 bits per heavy atom. The Morgan fingerprint density at radius 3 is 1.38 bits per heavy atom. The second-order valence-corrected chi connectivity index (χ2v) is 10.1. The number of alkyl halides is 6. The van der Waals surface area contributed by atoms with E-state index >= 15 is 0 Å². The molecule has 6 atom stereocenters. The predicted molar refractivity (Wildman–Crippen MR) is 110 cm³/mol. The van der Waals surface area contributed by atoms with E-state index in [0.29, 0.717) is 13.8 Å². The lowest BCUT2D eigenvalue weighted by molar-refractivity contribution is -0.261. The molecule has 6 unspecified atom stereocenters. The molecule has 0 bridgehead atoms. The van der Waals surface area contributed by atoms with Gasteiger partial charge in [0.25, 0.3) is 0 Å². The summed E-state index contributed by atoms with van der Waals surface area (Å²) >= 11 is 0. The number of ether oxygens (including phenoxy) is 2. The number of carbonyl (C=O) groups excluding carboxylic acids is 2. The fourth-order valence-electron chi connectivity index (χ4n) is 3.34. The Kier molecular flexibility index (Phi) is 10.5. The molecule has 6 nitrogen and oxygen atoms in total. The summed E-state index contributed by atoms with van der Waals surface area (Å²) in [6, 6.07) is 0. The van der Waals surface area contributed by atoms with Gasteiger partial charge in [0.2, 0.25) is 0 Å². The first-order valence-corrected chi connectivity index (χ1v) is 10.9. The van der Waals surface area contributed by atoms with Crippen LogP contribution in [0.2, 0.25) is 0 Å². The van der Waals surface area contributed by atoms with E-state index in [1.54, 1.807) is 13.8 Å². The quantitative estimate of drug-likeness (QED) is 0.302. The number of halogens is 6. The van der Waals surface area contributed by atoms with Crippen LogP contribution < -0.4 is 0 Å². The summed E-state index contributed by atoms with van der Waals surface area (Å²) < 4.78 is 87.4. The molecule has 0 aromatic heterocycles. The fraction of sp³-hybridized carbons (Fsp3) is 0.909. The summed E-state index contributed by atoms with van der Waals surface area (Å²) in [5.74, 6) is -3.21. The van der Waals surface area contributed by atoms with Gasteiger partial charge in [-0.3, -0.25) is 9.59 Å². The second kappa shape index (κ2) is 11.0. The first-order valence-electron chi connectivity index (χ1n) is 10.9. The van der Waals surface area contributed by atoms with Gasteiger partial charge in [0, 0.05) is 12.8 Å². The number of hydrogen-bond donors (Lipinski definition) is 2. The highest BCUT2D eigenvalue weighted by molar-refractivity contribution is 5.79. The van der Waals surface area contributed by atoms with Crippen LogP contribution in [-0.2, 0) is 19.1 Å². The minimum atomic E-state index is -4.93. The normalized spacial score (nSPS) is 21.0. The van der Waals surface area contributed by atoms with E-state index in [9.17, 15) is 46.1 Å². The van der Waals surface area contributed by atoms with Gasteiger partial charge in [0.05, 0.1) is 11.3 Å². The third kappa shape index (κ3) is 8.58. The van der Waals surface area contributed by atoms with Crippen LogP contribution in [0.3, 0.4) is 0 Å². The molecule has 202 valence electrons. The molecule has 0 fully saturated rings. The van der Waals surface area contributed by atoms with Gasteiger partial charge in [-0.15, -0.1) is 0 Å². The molecule has 0 saturated carbocycles. The molecule has 0 rings (SSSR count). The maximum atomic E-state index is 12.9. The molecule has 0 aliphatic heterocycles. The Morgan fingerprint density at radius 1 is 0.706 bits per heavy atom. The number of esters is 2. The number of rotatable bonds is 11. The largest absolute Gasteiger partial charge is 0.462 e. The molecule has 0 aliphatic rings. The third-order valence-electron chi connectivity index (χ3n) is 6.09. The van der Waals surface area contributed by atoms with Gasteiger partial charge >= 0.3 is 24.3 Å². The molecule has 0 amide bonds. The highest BCUT2D eigenvalue weighted by Gasteiger charge is 2.52. The number of carbonyl (C=O) groups is 2. The van der Waals surface area contributed by atoms with Crippen molar-refractivity contribution in [3.63, 3.8) is 0 Å². The second-order valence-electron chi connectivity index (χ2n) is 10.1. The summed E-state index contributed by atoms with van der Waals surface area (Å²) in [4.78, 5) is 25.3. The molecule has 0 radical (unpaired) electrons. The van der Waals surface area contributed by atoms with E-state index in [2.05, 4.69) is 0 Å². The van der Waals surface area contributed by atoms with Gasteiger partial charge in [-0.1, -0.05) is 20.8 Å². The van der Waals surface area contributed by atoms with Gasteiger partial charge in [0.1, 0.15) is 12.2 Å². The Balaban J connectivity index is 5.29. The highest BCUT2D eigenvalue weighted by atomic mass is 19.4. The van der Waals surface area contributed by atoms with Crippen LogP contribution in [0.5, 0.6) is 0 Å². The van der Waals surface area contributed by atoms with Crippen LogP contribution in [0.1, 0.15) is 74.7 Å². The predicted octanol–water partition coefficient (Wildman–Crippen LogP) is 4.95. The lowest BCUT2D eigenvalue weighted by Crippen LogP contribution is -2.46. The van der Waals surface area contributed by atoms with Gasteiger partial charge in [-0.25, -0.2) is 0 Å². The standard InChI is InChI=1S/C22H36F6O6/c1-12(2)18(6,17(30)34-15(5)11-20(8,32)22(26,27)28)9-13(3)16(29)33-14(4)10-19(7,31)21(23,24)25/h12-15,31-32H,9-11H2,1-8H3. The van der Waals surface area contributed by atoms with Crippen molar-refractivity contribution >= 4 is 11.9 Å². The highest BCUT2D eigenvalue weighted by Crippen LogP contribution is 2.39. The molecule has 2 N–H and O–H groups in total. The average Bonchev–Trinajstić information content (AvgIpc) is 2.57. The van der Waals surface area contributed by atoms with E-state index in [1.807, 2.05) is 0 Å². The molecule has 0 aromatic carbocycles. The molecule has 0 aliphatic carbocycles. The van der Waals surface area contributed by atoms with Crippen molar-refractivity contribution in [2.24, 2.45) is 17.3 Å². The first-order chi connectivity index (χ1) is 14.9. The zero-order valence-electron chi connectivity index (χ0n) is 20.7. The van der Waals surface area contributed by atoms with Crippen molar-refractivity contribution in [3.05, 3.63) is 0 Å². The molecule has 0 aromatic rings. The van der Waals surface area contributed by atoms with E-state index in [0.717, 1.165) is 0 Å². The van der Waals surface area contributed by atoms with Gasteiger partial charge in [-0.2, -0.15) is 26.3 Å². The first kappa shape index (κ1) is 32.4. The smallest absolute Gasteiger partial charge is 0.417 e. The van der Waals surface area contributed by atoms with E-state index in [1.165, 1.54) is 27.7 Å². The maximum absolute atomic E-state index is 12.9. The average molecular weight is 511 g/mol. The molecular formula is C22H36F6O6. The maximum Gasteiger partial charge on any atom is 0.417 e. The Labute approximate surface area is 196 Å². The zero-order chi connectivity index (χ0) is 27.5. The van der Waals surface area contributed by atoms with Crippen molar-refractivity contribution in [1.29, 1.82) is 0 Å². The molecule has 0 heterocycles. The van der Waals surface area contributed by atoms with Crippen molar-refractivity contribution in [1.82, 2.24) is 0 Å². The summed E-state index contributed by atoms with van der Waals surface area (Å²) in [7, 11) is 0. The molecule has 12 heteroatoms. The SMILES string of the molecule is CC(CC(C)(O)C(F)(F)F)OC(=O)C(C)CC(C)(C(=O)OC(C)CC(C)(O)C(F)(F)F)C(C)C. The topological polar surface area (TPSA) is 93.1 Å². The van der Waals surface area contributed by atoms with Crippen molar-refractivity contribution < 1.29 is 55.6 Å². The lowest BCUT2D eigenvalue weighted by Gasteiger charge is -2.36. The minimum absolute atomic E-state index is 0.160. The van der Waals surface area contributed by atoms with Crippen LogP contribution in [0.25, 0.3) is 0 Å².